The van der Waals surface area contributed by atoms with Crippen molar-refractivity contribution in [1.82, 2.24) is 0 Å². The van der Waals surface area contributed by atoms with Gasteiger partial charge in [0.25, 0.3) is 0 Å². The van der Waals surface area contributed by atoms with Crippen molar-refractivity contribution in [2.24, 2.45) is 0 Å². The van der Waals surface area contributed by atoms with E-state index in [0.29, 0.717) is 0 Å². The number of rotatable bonds is 13. The van der Waals surface area contributed by atoms with E-state index >= 15 is 0 Å². The summed E-state index contributed by atoms with van der Waals surface area (Å²) in [5.41, 5.74) is 1.18. The summed E-state index contributed by atoms with van der Waals surface area (Å²) in [4.78, 5) is 0. The molecule has 0 aliphatic heterocycles. The molecule has 0 fully saturated rings. The van der Waals surface area contributed by atoms with Crippen molar-refractivity contribution in [3.8, 4) is 5.75 Å². The highest BCUT2D eigenvalue weighted by Crippen LogP contribution is 2.18. The van der Waals surface area contributed by atoms with Crippen LogP contribution in [0.3, 0.4) is 0 Å². The van der Waals surface area contributed by atoms with E-state index < -0.39 is 0 Å². The first-order valence-corrected chi connectivity index (χ1v) is 8.83. The molecule has 0 unspecified atom stereocenters. The molecule has 0 saturated heterocycles. The maximum atomic E-state index is 5.83. The van der Waals surface area contributed by atoms with Gasteiger partial charge in [0, 0.05) is 18.3 Å². The lowest BCUT2D eigenvalue weighted by Crippen LogP contribution is -2.02. The summed E-state index contributed by atoms with van der Waals surface area (Å²) in [6, 6.07) is 8.36. The molecule has 0 radical (unpaired) electrons. The van der Waals surface area contributed by atoms with Gasteiger partial charge in [-0.1, -0.05) is 64.9 Å². The van der Waals surface area contributed by atoms with Gasteiger partial charge < -0.3 is 10.1 Å². The van der Waals surface area contributed by atoms with Crippen molar-refractivity contribution in [3.63, 3.8) is 0 Å². The third kappa shape index (κ3) is 9.38. The first-order chi connectivity index (χ1) is 10.4. The minimum Gasteiger partial charge on any atom is -0.494 e. The Morgan fingerprint density at radius 2 is 1.57 bits per heavy atom. The summed E-state index contributed by atoms with van der Waals surface area (Å²) in [5.74, 6) is 0.990. The average Bonchev–Trinajstić information content (AvgIpc) is 2.51. The van der Waals surface area contributed by atoms with Gasteiger partial charge in [-0.3, -0.25) is 0 Å². The van der Waals surface area contributed by atoms with Gasteiger partial charge in [-0.2, -0.15) is 0 Å². The van der Waals surface area contributed by atoms with Crippen LogP contribution in [0, 0.1) is 0 Å². The van der Waals surface area contributed by atoms with Crippen LogP contribution in [0.1, 0.15) is 71.6 Å². The lowest BCUT2D eigenvalue weighted by molar-refractivity contribution is 0.304. The smallest absolute Gasteiger partial charge is 0.121 e. The highest BCUT2D eigenvalue weighted by Gasteiger charge is 1.97. The SMILES string of the molecule is CCCCCCCOc1cccc(NCCCCCC)c1. The van der Waals surface area contributed by atoms with Gasteiger partial charge in [0.2, 0.25) is 0 Å². The molecule has 0 amide bonds. The van der Waals surface area contributed by atoms with Crippen LogP contribution in [0.4, 0.5) is 5.69 Å². The van der Waals surface area contributed by atoms with Crippen LogP contribution in [-0.2, 0) is 0 Å². The first kappa shape index (κ1) is 17.9. The van der Waals surface area contributed by atoms with Crippen molar-refractivity contribution >= 4 is 5.69 Å². The van der Waals surface area contributed by atoms with Crippen LogP contribution < -0.4 is 10.1 Å². The Kier molecular flexibility index (Phi) is 10.7. The van der Waals surface area contributed by atoms with Gasteiger partial charge in [0.05, 0.1) is 6.61 Å². The molecule has 21 heavy (non-hydrogen) atoms. The summed E-state index contributed by atoms with van der Waals surface area (Å²) in [7, 11) is 0. The second kappa shape index (κ2) is 12.6. The molecule has 0 bridgehead atoms. The van der Waals surface area contributed by atoms with Gasteiger partial charge in [-0.15, -0.1) is 0 Å². The largest absolute Gasteiger partial charge is 0.494 e. The maximum Gasteiger partial charge on any atom is 0.121 e. The van der Waals surface area contributed by atoms with E-state index in [0.717, 1.165) is 25.3 Å². The minimum absolute atomic E-state index is 0.837. The molecule has 2 nitrogen and oxygen atoms in total. The lowest BCUT2D eigenvalue weighted by Gasteiger charge is -2.10. The molecule has 2 heteroatoms. The average molecular weight is 291 g/mol. The summed E-state index contributed by atoms with van der Waals surface area (Å²) in [5, 5.41) is 3.48. The van der Waals surface area contributed by atoms with E-state index in [1.165, 1.54) is 57.1 Å². The topological polar surface area (TPSA) is 21.3 Å². The number of anilines is 1. The molecule has 0 aliphatic carbocycles. The van der Waals surface area contributed by atoms with E-state index in [1.807, 2.05) is 6.07 Å². The van der Waals surface area contributed by atoms with Crippen LogP contribution in [0.5, 0.6) is 5.75 Å². The highest BCUT2D eigenvalue weighted by molar-refractivity contribution is 5.48. The summed E-state index contributed by atoms with van der Waals surface area (Å²) in [6.45, 7) is 6.39. The predicted octanol–water partition coefficient (Wildman–Crippen LogP) is 6.03. The van der Waals surface area contributed by atoms with Crippen molar-refractivity contribution < 1.29 is 4.74 Å². The van der Waals surface area contributed by atoms with Crippen molar-refractivity contribution in [1.29, 1.82) is 0 Å². The monoisotopic (exact) mass is 291 g/mol. The highest BCUT2D eigenvalue weighted by atomic mass is 16.5. The Balaban J connectivity index is 2.16. The number of ether oxygens (including phenoxy) is 1. The van der Waals surface area contributed by atoms with Crippen LogP contribution in [0.25, 0.3) is 0 Å². The van der Waals surface area contributed by atoms with Crippen molar-refractivity contribution in [2.75, 3.05) is 18.5 Å². The van der Waals surface area contributed by atoms with Crippen LogP contribution in [-0.4, -0.2) is 13.2 Å². The molecular formula is C19H33NO. The standard InChI is InChI=1S/C19H33NO/c1-3-5-7-9-11-16-21-19-14-12-13-18(17-19)20-15-10-8-6-4-2/h12-14,17,20H,3-11,15-16H2,1-2H3. The van der Waals surface area contributed by atoms with E-state index in [4.69, 9.17) is 4.74 Å². The Labute approximate surface area is 131 Å². The predicted molar refractivity (Wildman–Crippen MR) is 93.3 cm³/mol. The zero-order chi connectivity index (χ0) is 15.2. The summed E-state index contributed by atoms with van der Waals surface area (Å²) < 4.78 is 5.83. The third-order valence-corrected chi connectivity index (χ3v) is 3.71. The number of hydrogen-bond donors (Lipinski definition) is 1. The van der Waals surface area contributed by atoms with Gasteiger partial charge >= 0.3 is 0 Å². The number of hydrogen-bond acceptors (Lipinski definition) is 2. The second-order valence-electron chi connectivity index (χ2n) is 5.78. The fraction of sp³-hybridized carbons (Fsp3) is 0.684. The van der Waals surface area contributed by atoms with Crippen molar-refractivity contribution in [2.45, 2.75) is 71.6 Å². The van der Waals surface area contributed by atoms with E-state index in [1.54, 1.807) is 0 Å². The Morgan fingerprint density at radius 1 is 0.857 bits per heavy atom. The van der Waals surface area contributed by atoms with Gasteiger partial charge in [-0.05, 0) is 25.0 Å². The molecule has 1 N–H and O–H groups in total. The fourth-order valence-electron chi connectivity index (χ4n) is 2.38. The zero-order valence-electron chi connectivity index (χ0n) is 14.0. The Morgan fingerprint density at radius 3 is 2.33 bits per heavy atom. The number of unbranched alkanes of at least 4 members (excludes halogenated alkanes) is 7. The van der Waals surface area contributed by atoms with E-state index in [2.05, 4.69) is 37.4 Å². The Hall–Kier alpha value is -1.18. The Bertz CT molecular complexity index is 351. The van der Waals surface area contributed by atoms with E-state index in [-0.39, 0.29) is 0 Å². The summed E-state index contributed by atoms with van der Waals surface area (Å²) in [6.07, 6.45) is 11.6. The van der Waals surface area contributed by atoms with Crippen LogP contribution in [0.2, 0.25) is 0 Å². The molecule has 120 valence electrons. The molecule has 0 aromatic heterocycles. The fourth-order valence-corrected chi connectivity index (χ4v) is 2.38. The van der Waals surface area contributed by atoms with Gasteiger partial charge in [-0.25, -0.2) is 0 Å². The lowest BCUT2D eigenvalue weighted by atomic mass is 10.2. The normalized spacial score (nSPS) is 10.6. The zero-order valence-corrected chi connectivity index (χ0v) is 14.0. The number of benzene rings is 1. The number of nitrogens with one attached hydrogen (secondary N) is 1. The summed E-state index contributed by atoms with van der Waals surface area (Å²) >= 11 is 0. The molecule has 0 spiro atoms. The maximum absolute atomic E-state index is 5.83. The molecule has 0 saturated carbocycles. The molecule has 1 rings (SSSR count). The molecule has 0 heterocycles. The van der Waals surface area contributed by atoms with Gasteiger partial charge in [0.1, 0.15) is 5.75 Å². The first-order valence-electron chi connectivity index (χ1n) is 8.83. The quantitative estimate of drug-likeness (QED) is 0.448. The van der Waals surface area contributed by atoms with Crippen LogP contribution in [0.15, 0.2) is 24.3 Å². The molecule has 0 atom stereocenters. The van der Waals surface area contributed by atoms with Crippen molar-refractivity contribution in [3.05, 3.63) is 24.3 Å². The molecule has 1 aromatic rings. The minimum atomic E-state index is 0.837. The van der Waals surface area contributed by atoms with Crippen LogP contribution >= 0.6 is 0 Å². The van der Waals surface area contributed by atoms with E-state index in [9.17, 15) is 0 Å². The molecular weight excluding hydrogens is 258 g/mol. The molecule has 0 aliphatic rings. The third-order valence-electron chi connectivity index (χ3n) is 3.71. The second-order valence-corrected chi connectivity index (χ2v) is 5.78. The molecule has 1 aromatic carbocycles. The van der Waals surface area contributed by atoms with Gasteiger partial charge in [0.15, 0.2) is 0 Å².